The fourth-order valence-electron chi connectivity index (χ4n) is 6.61. The number of benzene rings is 1. The summed E-state index contributed by atoms with van der Waals surface area (Å²) in [5, 5.41) is 18.6. The highest BCUT2D eigenvalue weighted by atomic mass is 16.2. The average molecular weight is 646 g/mol. The highest BCUT2D eigenvalue weighted by molar-refractivity contribution is 5.97. The number of anilines is 4. The first kappa shape index (κ1) is 29.6. The van der Waals surface area contributed by atoms with Crippen molar-refractivity contribution >= 4 is 46.4 Å². The van der Waals surface area contributed by atoms with Crippen LogP contribution in [-0.4, -0.2) is 79.2 Å². The second kappa shape index (κ2) is 11.2. The number of aryl methyl sites for hydroxylation is 1. The zero-order valence-corrected chi connectivity index (χ0v) is 27.1. The van der Waals surface area contributed by atoms with Gasteiger partial charge in [0.25, 0.3) is 11.8 Å². The van der Waals surface area contributed by atoms with Crippen molar-refractivity contribution in [3.63, 3.8) is 0 Å². The molecular weight excluding hydrogens is 610 g/mol. The van der Waals surface area contributed by atoms with Gasteiger partial charge in [0.15, 0.2) is 5.65 Å². The van der Waals surface area contributed by atoms with Crippen molar-refractivity contribution < 1.29 is 14.4 Å². The Hall–Kier alpha value is -5.79. The first-order valence-electron chi connectivity index (χ1n) is 16.1. The van der Waals surface area contributed by atoms with Gasteiger partial charge in [0.2, 0.25) is 5.91 Å². The largest absolute Gasteiger partial charge is 0.364 e. The maximum atomic E-state index is 13.2. The molecule has 4 aromatic heterocycles. The highest BCUT2D eigenvalue weighted by Crippen LogP contribution is 2.49. The molecule has 14 nitrogen and oxygen atoms in total. The van der Waals surface area contributed by atoms with Gasteiger partial charge in [-0.2, -0.15) is 14.7 Å². The third kappa shape index (κ3) is 4.91. The standard InChI is InChI=1S/C34H35N11O3/c1-18-13-28-39-27(40-32(46)20-11-12-20)14-29(45(28)41-18)38-24-8-5-7-22-23-15-36-44(30(23)19(2)42(4)31(22)24)21-16-43(17-21)34(48)26-10-6-9-25(37-26)33(47)35-3/h5-10,13-15,19-21,38H,11-12,16-17H2,1-4H3,(H,35,47)(H,39,40,46). The monoisotopic (exact) mass is 645 g/mol. The first-order valence-corrected chi connectivity index (χ1v) is 16.1. The fraction of sp³-hybridized carbons (Fsp3) is 0.324. The van der Waals surface area contributed by atoms with Crippen molar-refractivity contribution in [1.82, 2.24) is 39.6 Å². The molecule has 6 heterocycles. The normalized spacial score (nSPS) is 17.0. The summed E-state index contributed by atoms with van der Waals surface area (Å²) in [6.07, 6.45) is 3.73. The number of aromatic nitrogens is 6. The lowest BCUT2D eigenvalue weighted by molar-refractivity contribution is -0.117. The van der Waals surface area contributed by atoms with Crippen LogP contribution in [0.15, 0.2) is 54.7 Å². The van der Waals surface area contributed by atoms with Gasteiger partial charge >= 0.3 is 0 Å². The second-order valence-electron chi connectivity index (χ2n) is 12.7. The first-order chi connectivity index (χ1) is 23.2. The van der Waals surface area contributed by atoms with E-state index in [1.165, 1.54) is 7.05 Å². The smallest absolute Gasteiger partial charge is 0.272 e. The SMILES string of the molecule is CNC(=O)c1cccc(C(=O)N2CC(n3ncc4c3C(C)N(C)c3c(Nc5cc(NC(=O)C6CC6)nc6cc(C)nn56)cccc3-4)C2)n1. The Morgan fingerprint density at radius 1 is 0.958 bits per heavy atom. The third-order valence-electron chi connectivity index (χ3n) is 9.42. The molecule has 0 bridgehead atoms. The number of para-hydroxylation sites is 1. The molecule has 1 unspecified atom stereocenters. The summed E-state index contributed by atoms with van der Waals surface area (Å²) in [5.41, 5.74) is 6.96. The maximum Gasteiger partial charge on any atom is 0.272 e. The van der Waals surface area contributed by atoms with Crippen molar-refractivity contribution in [1.29, 1.82) is 0 Å². The summed E-state index contributed by atoms with van der Waals surface area (Å²) in [5.74, 6) is 0.681. The zero-order valence-electron chi connectivity index (χ0n) is 27.1. The minimum absolute atomic E-state index is 0.00457. The van der Waals surface area contributed by atoms with Gasteiger partial charge in [-0.25, -0.2) is 9.97 Å². The lowest BCUT2D eigenvalue weighted by Gasteiger charge is -2.42. The van der Waals surface area contributed by atoms with Crippen LogP contribution < -0.4 is 20.9 Å². The van der Waals surface area contributed by atoms with Crippen LogP contribution >= 0.6 is 0 Å². The number of fused-ring (bicyclic) bond motifs is 4. The van der Waals surface area contributed by atoms with E-state index >= 15 is 0 Å². The van der Waals surface area contributed by atoms with Crippen LogP contribution in [0.2, 0.25) is 0 Å². The summed E-state index contributed by atoms with van der Waals surface area (Å²) < 4.78 is 3.80. The summed E-state index contributed by atoms with van der Waals surface area (Å²) >= 11 is 0. The lowest BCUT2D eigenvalue weighted by atomic mass is 9.93. The number of nitrogens with one attached hydrogen (secondary N) is 3. The molecule has 0 radical (unpaired) electrons. The van der Waals surface area contributed by atoms with Crippen LogP contribution in [0.1, 0.15) is 64.2 Å². The van der Waals surface area contributed by atoms with E-state index in [1.54, 1.807) is 27.6 Å². The summed E-state index contributed by atoms with van der Waals surface area (Å²) in [6.45, 7) is 5.05. The van der Waals surface area contributed by atoms with E-state index in [4.69, 9.17) is 5.10 Å². The number of hydrogen-bond donors (Lipinski definition) is 3. The molecule has 1 saturated carbocycles. The summed E-state index contributed by atoms with van der Waals surface area (Å²) in [4.78, 5) is 50.7. The Balaban J connectivity index is 1.07. The van der Waals surface area contributed by atoms with Gasteiger partial charge < -0.3 is 25.8 Å². The van der Waals surface area contributed by atoms with Crippen LogP contribution in [-0.2, 0) is 4.79 Å². The molecule has 2 aliphatic heterocycles. The number of likely N-dealkylation sites (tertiary alicyclic amines) is 1. The molecule has 3 amide bonds. The van der Waals surface area contributed by atoms with Gasteiger partial charge in [-0.05, 0) is 44.9 Å². The Bertz CT molecular complexity index is 2130. The quantitative estimate of drug-likeness (QED) is 0.239. The number of hydrogen-bond acceptors (Lipinski definition) is 9. The van der Waals surface area contributed by atoms with E-state index in [2.05, 4.69) is 56.0 Å². The number of pyridine rings is 1. The summed E-state index contributed by atoms with van der Waals surface area (Å²) in [7, 11) is 3.60. The molecule has 2 fully saturated rings. The minimum Gasteiger partial charge on any atom is -0.364 e. The third-order valence-corrected chi connectivity index (χ3v) is 9.42. The van der Waals surface area contributed by atoms with Gasteiger partial charge in [0.05, 0.1) is 41.0 Å². The topological polar surface area (TPSA) is 155 Å². The molecule has 8 rings (SSSR count). The molecule has 3 N–H and O–H groups in total. The predicted octanol–water partition coefficient (Wildman–Crippen LogP) is 3.96. The fourth-order valence-corrected chi connectivity index (χ4v) is 6.61. The van der Waals surface area contributed by atoms with Crippen molar-refractivity contribution in [2.24, 2.45) is 5.92 Å². The van der Waals surface area contributed by atoms with Crippen LogP contribution in [0.4, 0.5) is 23.0 Å². The van der Waals surface area contributed by atoms with E-state index in [0.29, 0.717) is 30.4 Å². The predicted molar refractivity (Wildman–Crippen MR) is 179 cm³/mol. The molecule has 48 heavy (non-hydrogen) atoms. The van der Waals surface area contributed by atoms with E-state index in [1.807, 2.05) is 42.1 Å². The van der Waals surface area contributed by atoms with Gasteiger partial charge in [0, 0.05) is 56.4 Å². The second-order valence-corrected chi connectivity index (χ2v) is 12.7. The van der Waals surface area contributed by atoms with Crippen molar-refractivity contribution in [2.75, 3.05) is 42.7 Å². The van der Waals surface area contributed by atoms with E-state index in [0.717, 1.165) is 46.7 Å². The molecule has 5 aromatic rings. The maximum absolute atomic E-state index is 13.2. The van der Waals surface area contributed by atoms with Gasteiger partial charge in [-0.3, -0.25) is 19.1 Å². The molecule has 14 heteroatoms. The van der Waals surface area contributed by atoms with Crippen molar-refractivity contribution in [2.45, 2.75) is 38.8 Å². The highest BCUT2D eigenvalue weighted by Gasteiger charge is 2.39. The Labute approximate surface area is 276 Å². The number of nitrogens with zero attached hydrogens (tertiary/aromatic N) is 8. The van der Waals surface area contributed by atoms with Crippen molar-refractivity contribution in [3.05, 3.63) is 77.5 Å². The van der Waals surface area contributed by atoms with Crippen LogP contribution in [0.3, 0.4) is 0 Å². The molecule has 1 saturated heterocycles. The minimum atomic E-state index is -0.335. The molecule has 1 aliphatic carbocycles. The van der Waals surface area contributed by atoms with E-state index in [-0.39, 0.29) is 47.1 Å². The molecule has 244 valence electrons. The lowest BCUT2D eigenvalue weighted by Crippen LogP contribution is -2.52. The number of carbonyl (C=O) groups is 3. The Morgan fingerprint density at radius 3 is 2.50 bits per heavy atom. The number of carbonyl (C=O) groups excluding carboxylic acids is 3. The molecule has 3 aliphatic rings. The van der Waals surface area contributed by atoms with Crippen LogP contribution in [0.25, 0.3) is 16.8 Å². The van der Waals surface area contributed by atoms with Crippen LogP contribution in [0.5, 0.6) is 0 Å². The van der Waals surface area contributed by atoms with E-state index in [9.17, 15) is 14.4 Å². The Kier molecular flexibility index (Phi) is 6.89. The van der Waals surface area contributed by atoms with E-state index < -0.39 is 0 Å². The zero-order chi connectivity index (χ0) is 33.3. The van der Waals surface area contributed by atoms with Crippen molar-refractivity contribution in [3.8, 4) is 11.1 Å². The Morgan fingerprint density at radius 2 is 1.73 bits per heavy atom. The number of amides is 3. The molecule has 1 atom stereocenters. The van der Waals surface area contributed by atoms with Gasteiger partial charge in [-0.15, -0.1) is 0 Å². The van der Waals surface area contributed by atoms with Crippen LogP contribution in [0, 0.1) is 12.8 Å². The molecule has 0 spiro atoms. The molecule has 1 aromatic carbocycles. The van der Waals surface area contributed by atoms with Gasteiger partial charge in [0.1, 0.15) is 23.0 Å². The average Bonchev–Trinajstić information content (AvgIpc) is 3.72. The summed E-state index contributed by atoms with van der Waals surface area (Å²) in [6, 6.07) is 14.7. The van der Waals surface area contributed by atoms with Gasteiger partial charge in [-0.1, -0.05) is 18.2 Å². The number of rotatable bonds is 7. The molecular formula is C34H35N11O3.